The molecule has 0 bridgehead atoms. The van der Waals surface area contributed by atoms with Gasteiger partial charge in [0, 0.05) is 18.3 Å². The van der Waals surface area contributed by atoms with Crippen LogP contribution < -0.4 is 16.0 Å². The van der Waals surface area contributed by atoms with Gasteiger partial charge in [0.1, 0.15) is 0 Å². The van der Waals surface area contributed by atoms with Gasteiger partial charge in [-0.1, -0.05) is 40.9 Å². The van der Waals surface area contributed by atoms with Crippen molar-refractivity contribution in [1.82, 2.24) is 10.6 Å². The molecule has 1 saturated carbocycles. The lowest BCUT2D eigenvalue weighted by Crippen LogP contribution is -2.25. The quantitative estimate of drug-likeness (QED) is 0.367. The number of hydrogen-bond donors (Lipinski definition) is 3. The number of thiophene rings is 1. The van der Waals surface area contributed by atoms with Gasteiger partial charge in [-0.25, -0.2) is 0 Å². The highest BCUT2D eigenvalue weighted by molar-refractivity contribution is 7.18. The number of halogens is 3. The Morgan fingerprint density at radius 1 is 0.848 bits per heavy atom. The molecule has 1 aliphatic rings. The first kappa shape index (κ1) is 23.6. The van der Waals surface area contributed by atoms with Gasteiger partial charge in [-0.2, -0.15) is 0 Å². The van der Waals surface area contributed by atoms with Gasteiger partial charge in [-0.05, 0) is 60.9 Å². The van der Waals surface area contributed by atoms with Crippen LogP contribution in [0.4, 0.5) is 5.69 Å². The Hall–Kier alpha value is -2.58. The van der Waals surface area contributed by atoms with E-state index in [1.54, 1.807) is 42.5 Å². The number of benzene rings is 2. The maximum atomic E-state index is 12.9. The predicted octanol–water partition coefficient (Wildman–Crippen LogP) is 5.78. The lowest BCUT2D eigenvalue weighted by atomic mass is 10.1. The number of nitrogens with one attached hydrogen (secondary N) is 3. The molecule has 3 N–H and O–H groups in total. The molecule has 2 aromatic carbocycles. The molecule has 3 aromatic rings. The summed E-state index contributed by atoms with van der Waals surface area (Å²) in [5.41, 5.74) is 1.63. The zero-order chi connectivity index (χ0) is 23.5. The molecule has 6 nitrogen and oxygen atoms in total. The van der Waals surface area contributed by atoms with E-state index < -0.39 is 5.91 Å². The largest absolute Gasteiger partial charge is 0.349 e. The highest BCUT2D eigenvalue weighted by atomic mass is 35.5. The van der Waals surface area contributed by atoms with Crippen LogP contribution in [0.3, 0.4) is 0 Å². The van der Waals surface area contributed by atoms with Gasteiger partial charge < -0.3 is 16.0 Å². The molecule has 1 fully saturated rings. The van der Waals surface area contributed by atoms with Gasteiger partial charge in [-0.15, -0.1) is 11.3 Å². The summed E-state index contributed by atoms with van der Waals surface area (Å²) in [5, 5.41) is 8.97. The molecule has 0 radical (unpaired) electrons. The number of amides is 3. The topological polar surface area (TPSA) is 87.3 Å². The minimum Gasteiger partial charge on any atom is -0.349 e. The summed E-state index contributed by atoms with van der Waals surface area (Å²) in [6.07, 6.45) is 1.91. The number of anilines is 1. The predicted molar refractivity (Wildman–Crippen MR) is 132 cm³/mol. The second kappa shape index (κ2) is 10.1. The maximum Gasteiger partial charge on any atom is 0.261 e. The fourth-order valence-corrected chi connectivity index (χ4v) is 4.39. The van der Waals surface area contributed by atoms with Crippen molar-refractivity contribution < 1.29 is 14.4 Å². The molecule has 3 amide bonds. The molecular weight excluding hydrogens is 505 g/mol. The third kappa shape index (κ3) is 6.06. The summed E-state index contributed by atoms with van der Waals surface area (Å²) in [5.74, 6) is -0.985. The van der Waals surface area contributed by atoms with E-state index in [4.69, 9.17) is 34.8 Å². The first-order valence-corrected chi connectivity index (χ1v) is 12.0. The number of carbonyl (C=O) groups excluding carboxylic acids is 3. The Labute approximate surface area is 209 Å². The molecular formula is C23H18Cl3N3O3S. The first-order valence-electron chi connectivity index (χ1n) is 10.0. The minimum absolute atomic E-state index is 0.186. The molecule has 0 atom stereocenters. The van der Waals surface area contributed by atoms with Crippen LogP contribution >= 0.6 is 46.1 Å². The molecule has 1 aromatic heterocycles. The van der Waals surface area contributed by atoms with Gasteiger partial charge in [0.25, 0.3) is 17.7 Å². The van der Waals surface area contributed by atoms with Gasteiger partial charge in [-0.3, -0.25) is 14.4 Å². The van der Waals surface area contributed by atoms with Crippen LogP contribution in [0.15, 0.2) is 48.5 Å². The number of hydrogen-bond acceptors (Lipinski definition) is 4. The van der Waals surface area contributed by atoms with Crippen molar-refractivity contribution in [1.29, 1.82) is 0 Å². The van der Waals surface area contributed by atoms with Crippen LogP contribution in [-0.4, -0.2) is 23.8 Å². The summed E-state index contributed by atoms with van der Waals surface area (Å²) in [6.45, 7) is 0.207. The molecule has 0 unspecified atom stereocenters. The van der Waals surface area contributed by atoms with E-state index >= 15 is 0 Å². The van der Waals surface area contributed by atoms with Crippen molar-refractivity contribution in [2.24, 2.45) is 0 Å². The molecule has 4 rings (SSSR count). The average Bonchev–Trinajstić information content (AvgIpc) is 3.50. The van der Waals surface area contributed by atoms with Crippen LogP contribution in [0.5, 0.6) is 0 Å². The third-order valence-electron chi connectivity index (χ3n) is 4.91. The zero-order valence-electron chi connectivity index (χ0n) is 17.1. The van der Waals surface area contributed by atoms with E-state index in [-0.39, 0.29) is 40.6 Å². The Balaban J connectivity index is 1.44. The molecule has 0 saturated heterocycles. The number of carbonyl (C=O) groups is 3. The molecule has 1 aliphatic carbocycles. The molecule has 0 spiro atoms. The van der Waals surface area contributed by atoms with Crippen molar-refractivity contribution in [2.75, 3.05) is 5.32 Å². The van der Waals surface area contributed by atoms with Crippen LogP contribution in [-0.2, 0) is 6.54 Å². The smallest absolute Gasteiger partial charge is 0.261 e. The summed E-state index contributed by atoms with van der Waals surface area (Å²) in [4.78, 5) is 38.0. The van der Waals surface area contributed by atoms with Crippen molar-refractivity contribution in [3.8, 4) is 0 Å². The highest BCUT2D eigenvalue weighted by Crippen LogP contribution is 2.26. The lowest BCUT2D eigenvalue weighted by Gasteiger charge is -2.12. The third-order valence-corrected chi connectivity index (χ3v) is 6.80. The van der Waals surface area contributed by atoms with Gasteiger partial charge >= 0.3 is 0 Å². The fraction of sp³-hybridized carbons (Fsp3) is 0.174. The Morgan fingerprint density at radius 3 is 2.21 bits per heavy atom. The van der Waals surface area contributed by atoms with Gasteiger partial charge in [0.2, 0.25) is 0 Å². The summed E-state index contributed by atoms with van der Waals surface area (Å²) in [7, 11) is 0. The molecule has 0 aliphatic heterocycles. The van der Waals surface area contributed by atoms with Crippen molar-refractivity contribution in [2.45, 2.75) is 25.4 Å². The van der Waals surface area contributed by atoms with E-state index in [1.807, 2.05) is 0 Å². The Morgan fingerprint density at radius 2 is 1.55 bits per heavy atom. The second-order valence-electron chi connectivity index (χ2n) is 7.50. The minimum atomic E-state index is -0.450. The Kier molecular flexibility index (Phi) is 7.24. The molecule has 33 heavy (non-hydrogen) atoms. The Bertz CT molecular complexity index is 1240. The van der Waals surface area contributed by atoms with Crippen LogP contribution in [0, 0.1) is 0 Å². The maximum absolute atomic E-state index is 12.9. The van der Waals surface area contributed by atoms with Crippen LogP contribution in [0.2, 0.25) is 14.4 Å². The van der Waals surface area contributed by atoms with Gasteiger partial charge in [0.05, 0.1) is 30.4 Å². The van der Waals surface area contributed by atoms with Crippen LogP contribution in [0.25, 0.3) is 0 Å². The number of rotatable bonds is 7. The van der Waals surface area contributed by atoms with E-state index in [9.17, 15) is 14.4 Å². The highest BCUT2D eigenvalue weighted by Gasteiger charge is 2.25. The average molecular weight is 523 g/mol. The second-order valence-corrected chi connectivity index (χ2v) is 10.0. The normalized spacial score (nSPS) is 12.8. The monoisotopic (exact) mass is 521 g/mol. The first-order chi connectivity index (χ1) is 15.8. The van der Waals surface area contributed by atoms with Crippen molar-refractivity contribution >= 4 is 69.5 Å². The summed E-state index contributed by atoms with van der Waals surface area (Å²) < 4.78 is 0.529. The van der Waals surface area contributed by atoms with Crippen molar-refractivity contribution in [3.63, 3.8) is 0 Å². The fourth-order valence-electron chi connectivity index (χ4n) is 3.03. The summed E-state index contributed by atoms with van der Waals surface area (Å²) in [6, 6.07) is 13.1. The van der Waals surface area contributed by atoms with E-state index in [0.717, 1.165) is 12.8 Å². The molecule has 1 heterocycles. The van der Waals surface area contributed by atoms with E-state index in [1.165, 1.54) is 17.4 Å². The standard InChI is InChI=1S/C23H18Cl3N3O3S/c24-17-5-1-12(11-27-23(32)19-7-8-20(26)33-19)9-15(17)21(30)29-14-4-6-18(25)16(10-14)22(31)28-13-2-3-13/h1,4-10,13H,2-3,11H2,(H,27,32)(H,28,31)(H,29,30). The lowest BCUT2D eigenvalue weighted by molar-refractivity contribution is 0.0944. The zero-order valence-corrected chi connectivity index (χ0v) is 20.2. The van der Waals surface area contributed by atoms with E-state index in [0.29, 0.717) is 25.5 Å². The SMILES string of the molecule is O=C(NCc1ccc(Cl)c(C(=O)Nc2ccc(Cl)c(C(=O)NC3CC3)c2)c1)c1ccc(Cl)s1. The van der Waals surface area contributed by atoms with Crippen LogP contribution in [0.1, 0.15) is 48.8 Å². The molecule has 170 valence electrons. The van der Waals surface area contributed by atoms with Gasteiger partial charge in [0.15, 0.2) is 0 Å². The van der Waals surface area contributed by atoms with E-state index in [2.05, 4.69) is 16.0 Å². The van der Waals surface area contributed by atoms with Crippen molar-refractivity contribution in [3.05, 3.63) is 84.5 Å². The molecule has 10 heteroatoms. The summed E-state index contributed by atoms with van der Waals surface area (Å²) >= 11 is 19.5.